The number of carbonyl (C=O) groups excluding carboxylic acids is 1. The maximum absolute atomic E-state index is 12.8. The number of nitrogens with zero attached hydrogens (tertiary/aromatic N) is 1. The first kappa shape index (κ1) is 20.3. The Balaban J connectivity index is 3.13. The van der Waals surface area contributed by atoms with E-state index in [4.69, 9.17) is 9.47 Å². The third kappa shape index (κ3) is 5.73. The van der Waals surface area contributed by atoms with Crippen molar-refractivity contribution in [3.8, 4) is 5.75 Å². The molecule has 4 nitrogen and oxygen atoms in total. The van der Waals surface area contributed by atoms with Gasteiger partial charge in [-0.05, 0) is 45.6 Å². The van der Waals surface area contributed by atoms with Gasteiger partial charge in [-0.15, -0.1) is 0 Å². The molecule has 0 spiro atoms. The molecule has 1 atom stereocenters. The first-order valence-corrected chi connectivity index (χ1v) is 8.68. The molecule has 0 fully saturated rings. The van der Waals surface area contributed by atoms with Crippen LogP contribution in [0.4, 0.5) is 4.79 Å². The first-order valence-electron chi connectivity index (χ1n) is 8.68. The second kappa shape index (κ2) is 8.41. The summed E-state index contributed by atoms with van der Waals surface area (Å²) in [6.07, 6.45) is 0.108. The predicted octanol–water partition coefficient (Wildman–Crippen LogP) is 5.43. The minimum atomic E-state index is -0.339. The molecule has 24 heavy (non-hydrogen) atoms. The van der Waals surface area contributed by atoms with E-state index in [9.17, 15) is 4.79 Å². The van der Waals surface area contributed by atoms with Gasteiger partial charge in [0.25, 0.3) is 0 Å². The average Bonchev–Trinajstić information content (AvgIpc) is 2.44. The lowest BCUT2D eigenvalue weighted by Gasteiger charge is -2.33. The van der Waals surface area contributed by atoms with Crippen LogP contribution in [0.15, 0.2) is 24.3 Å². The Hall–Kier alpha value is -1.71. The number of carbonyl (C=O) groups is 1. The summed E-state index contributed by atoms with van der Waals surface area (Å²) in [7, 11) is 1.64. The summed E-state index contributed by atoms with van der Waals surface area (Å²) in [4.78, 5) is 14.5. The van der Waals surface area contributed by atoms with E-state index in [0.717, 1.165) is 17.7 Å². The summed E-state index contributed by atoms with van der Waals surface area (Å²) >= 11 is 0. The highest BCUT2D eigenvalue weighted by Crippen LogP contribution is 2.37. The van der Waals surface area contributed by atoms with Crippen LogP contribution in [0.5, 0.6) is 5.75 Å². The second-order valence-corrected chi connectivity index (χ2v) is 7.97. The number of methoxy groups -OCH3 is 1. The van der Waals surface area contributed by atoms with Crippen LogP contribution >= 0.6 is 0 Å². The first-order chi connectivity index (χ1) is 11.1. The van der Waals surface area contributed by atoms with Crippen molar-refractivity contribution in [3.63, 3.8) is 0 Å². The zero-order valence-electron chi connectivity index (χ0n) is 16.4. The minimum Gasteiger partial charge on any atom is -0.496 e. The van der Waals surface area contributed by atoms with Gasteiger partial charge >= 0.3 is 6.09 Å². The number of ether oxygens (including phenoxy) is 2. The number of para-hydroxylation sites is 1. The molecule has 4 heteroatoms. The highest BCUT2D eigenvalue weighted by molar-refractivity contribution is 5.69. The van der Waals surface area contributed by atoms with Gasteiger partial charge in [-0.2, -0.15) is 0 Å². The van der Waals surface area contributed by atoms with Crippen LogP contribution in [0.2, 0.25) is 0 Å². The molecule has 0 radical (unpaired) electrons. The number of hydrogen-bond donors (Lipinski definition) is 0. The van der Waals surface area contributed by atoms with Gasteiger partial charge < -0.3 is 14.4 Å². The predicted molar refractivity (Wildman–Crippen MR) is 98.4 cm³/mol. The molecule has 0 N–H and O–H groups in total. The normalized spacial score (nSPS) is 13.1. The van der Waals surface area contributed by atoms with E-state index in [1.165, 1.54) is 0 Å². The van der Waals surface area contributed by atoms with Gasteiger partial charge in [0.05, 0.1) is 7.11 Å². The van der Waals surface area contributed by atoms with E-state index in [1.807, 2.05) is 52.0 Å². The van der Waals surface area contributed by atoms with E-state index < -0.39 is 0 Å². The van der Waals surface area contributed by atoms with Gasteiger partial charge in [-0.25, -0.2) is 4.79 Å². The molecule has 0 heterocycles. The van der Waals surface area contributed by atoms with E-state index in [-0.39, 0.29) is 29.7 Å². The molecule has 1 rings (SSSR count). The van der Waals surface area contributed by atoms with Crippen molar-refractivity contribution in [2.75, 3.05) is 7.11 Å². The monoisotopic (exact) mass is 335 g/mol. The van der Waals surface area contributed by atoms with Gasteiger partial charge in [0.15, 0.2) is 0 Å². The smallest absolute Gasteiger partial charge is 0.410 e. The van der Waals surface area contributed by atoms with Crippen LogP contribution in [-0.2, 0) is 4.74 Å². The quantitative estimate of drug-likeness (QED) is 0.696. The zero-order chi connectivity index (χ0) is 18.5. The maximum atomic E-state index is 12.8. The lowest BCUT2D eigenvalue weighted by Crippen LogP contribution is -2.43. The molecule has 0 saturated carbocycles. The van der Waals surface area contributed by atoms with Gasteiger partial charge in [0.1, 0.15) is 11.9 Å². The molecule has 1 aromatic rings. The minimum absolute atomic E-state index is 0.0201. The van der Waals surface area contributed by atoms with E-state index >= 15 is 0 Å². The van der Waals surface area contributed by atoms with Crippen molar-refractivity contribution in [3.05, 3.63) is 29.8 Å². The molecule has 0 bridgehead atoms. The van der Waals surface area contributed by atoms with E-state index in [2.05, 4.69) is 20.8 Å². The SMILES string of the molecule is COc1ccccc1C(CC(C)(C)C)OC(=O)N(C(C)C)C(C)C. The second-order valence-electron chi connectivity index (χ2n) is 7.97. The van der Waals surface area contributed by atoms with Crippen LogP contribution in [0, 0.1) is 5.41 Å². The van der Waals surface area contributed by atoms with Crippen molar-refractivity contribution in [1.29, 1.82) is 0 Å². The summed E-state index contributed by atoms with van der Waals surface area (Å²) in [6, 6.07) is 7.92. The summed E-state index contributed by atoms with van der Waals surface area (Å²) in [6.45, 7) is 14.4. The van der Waals surface area contributed by atoms with Crippen LogP contribution < -0.4 is 4.74 Å². The molecular formula is C20H33NO3. The molecule has 0 saturated heterocycles. The maximum Gasteiger partial charge on any atom is 0.410 e. The lowest BCUT2D eigenvalue weighted by atomic mass is 9.86. The van der Waals surface area contributed by atoms with E-state index in [1.54, 1.807) is 12.0 Å². The molecule has 0 aliphatic carbocycles. The summed E-state index contributed by atoms with van der Waals surface area (Å²) < 4.78 is 11.4. The lowest BCUT2D eigenvalue weighted by molar-refractivity contribution is 0.0281. The molecule has 1 amide bonds. The largest absolute Gasteiger partial charge is 0.496 e. The Labute approximate surface area is 147 Å². The third-order valence-corrected chi connectivity index (χ3v) is 3.85. The van der Waals surface area contributed by atoms with Crippen LogP contribution in [0.1, 0.15) is 66.6 Å². The molecule has 0 aromatic heterocycles. The Morgan fingerprint density at radius 3 is 2.08 bits per heavy atom. The van der Waals surface area contributed by atoms with Gasteiger partial charge in [-0.3, -0.25) is 0 Å². The summed E-state index contributed by atoms with van der Waals surface area (Å²) in [5, 5.41) is 0. The van der Waals surface area contributed by atoms with Crippen molar-refractivity contribution < 1.29 is 14.3 Å². The summed E-state index contributed by atoms with van der Waals surface area (Å²) in [5.74, 6) is 0.750. The van der Waals surface area contributed by atoms with Crippen molar-refractivity contribution in [2.24, 2.45) is 5.41 Å². The zero-order valence-corrected chi connectivity index (χ0v) is 16.4. The van der Waals surface area contributed by atoms with Crippen LogP contribution in [-0.4, -0.2) is 30.2 Å². The number of amides is 1. The Morgan fingerprint density at radius 1 is 1.08 bits per heavy atom. The number of benzene rings is 1. The third-order valence-electron chi connectivity index (χ3n) is 3.85. The van der Waals surface area contributed by atoms with Crippen molar-refractivity contribution in [1.82, 2.24) is 4.90 Å². The fourth-order valence-electron chi connectivity index (χ4n) is 2.90. The molecule has 1 unspecified atom stereocenters. The molecule has 1 aromatic carbocycles. The van der Waals surface area contributed by atoms with Crippen LogP contribution in [0.25, 0.3) is 0 Å². The number of hydrogen-bond acceptors (Lipinski definition) is 3. The Kier molecular flexibility index (Phi) is 7.12. The number of rotatable bonds is 6. The Bertz CT molecular complexity index is 524. The Morgan fingerprint density at radius 2 is 1.62 bits per heavy atom. The molecule has 136 valence electrons. The molecular weight excluding hydrogens is 302 g/mol. The average molecular weight is 335 g/mol. The van der Waals surface area contributed by atoms with Gasteiger partial charge in [0, 0.05) is 17.6 Å². The van der Waals surface area contributed by atoms with Gasteiger partial charge in [-0.1, -0.05) is 39.0 Å². The van der Waals surface area contributed by atoms with Crippen LogP contribution in [0.3, 0.4) is 0 Å². The fraction of sp³-hybridized carbons (Fsp3) is 0.650. The van der Waals surface area contributed by atoms with Crippen molar-refractivity contribution in [2.45, 2.75) is 73.1 Å². The van der Waals surface area contributed by atoms with Gasteiger partial charge in [0.2, 0.25) is 0 Å². The van der Waals surface area contributed by atoms with Crippen molar-refractivity contribution >= 4 is 6.09 Å². The topological polar surface area (TPSA) is 38.8 Å². The highest BCUT2D eigenvalue weighted by atomic mass is 16.6. The highest BCUT2D eigenvalue weighted by Gasteiger charge is 2.29. The fourth-order valence-corrected chi connectivity index (χ4v) is 2.90. The van der Waals surface area contributed by atoms with E-state index in [0.29, 0.717) is 0 Å². The summed E-state index contributed by atoms with van der Waals surface area (Å²) in [5.41, 5.74) is 0.933. The standard InChI is InChI=1S/C20H33NO3/c1-14(2)21(15(3)4)19(22)24-18(13-20(5,6)7)16-11-9-10-12-17(16)23-8/h9-12,14-15,18H,13H2,1-8H3. The molecule has 0 aliphatic rings. The molecule has 0 aliphatic heterocycles.